The first kappa shape index (κ1) is 9.51. The molecule has 0 saturated carbocycles. The van der Waals surface area contributed by atoms with Crippen molar-refractivity contribution in [3.05, 3.63) is 42.3 Å². The minimum Gasteiger partial charge on any atom is -0.334 e. The van der Waals surface area contributed by atoms with Crippen molar-refractivity contribution in [2.75, 3.05) is 0 Å². The minimum atomic E-state index is -0.685. The first-order valence-corrected chi connectivity index (χ1v) is 4.11. The molecule has 0 aliphatic heterocycles. The number of aromatic nitrogens is 2. The summed E-state index contributed by atoms with van der Waals surface area (Å²) in [5.74, 6) is -1.04. The first-order valence-electron chi connectivity index (χ1n) is 4.11. The van der Waals surface area contributed by atoms with Crippen LogP contribution in [0, 0.1) is 11.6 Å². The van der Waals surface area contributed by atoms with Gasteiger partial charge in [-0.25, -0.2) is 8.78 Å². The zero-order valence-corrected chi connectivity index (χ0v) is 7.58. The number of benzene rings is 1. The molecule has 0 fully saturated rings. The summed E-state index contributed by atoms with van der Waals surface area (Å²) in [5, 5.41) is 3.55. The van der Waals surface area contributed by atoms with Gasteiger partial charge in [-0.1, -0.05) is 11.7 Å². The molecule has 76 valence electrons. The average Bonchev–Trinajstić information content (AvgIpc) is 2.64. The van der Waals surface area contributed by atoms with Crippen LogP contribution in [-0.4, -0.2) is 10.1 Å². The van der Waals surface area contributed by atoms with E-state index in [2.05, 4.69) is 16.7 Å². The van der Waals surface area contributed by atoms with Crippen molar-refractivity contribution in [2.24, 2.45) is 0 Å². The van der Waals surface area contributed by atoms with E-state index in [1.165, 1.54) is 6.08 Å². The molecule has 0 aliphatic rings. The van der Waals surface area contributed by atoms with Gasteiger partial charge in [0.2, 0.25) is 11.7 Å². The van der Waals surface area contributed by atoms with E-state index in [1.807, 2.05) is 0 Å². The van der Waals surface area contributed by atoms with E-state index in [0.29, 0.717) is 0 Å². The number of halogens is 2. The van der Waals surface area contributed by atoms with Gasteiger partial charge in [0.05, 0.1) is 0 Å². The average molecular weight is 208 g/mol. The summed E-state index contributed by atoms with van der Waals surface area (Å²) in [7, 11) is 0. The van der Waals surface area contributed by atoms with Gasteiger partial charge >= 0.3 is 0 Å². The largest absolute Gasteiger partial charge is 0.334 e. The van der Waals surface area contributed by atoms with Crippen LogP contribution in [0.4, 0.5) is 8.78 Å². The molecular formula is C10H6F2N2O. The SMILES string of the molecule is C=Cc1nc(-c2cc(F)cc(F)c2)no1. The van der Waals surface area contributed by atoms with Crippen LogP contribution < -0.4 is 0 Å². The Morgan fingerprint density at radius 3 is 2.40 bits per heavy atom. The minimum absolute atomic E-state index is 0.128. The lowest BCUT2D eigenvalue weighted by atomic mass is 10.2. The number of nitrogens with zero attached hydrogens (tertiary/aromatic N) is 2. The third-order valence-electron chi connectivity index (χ3n) is 1.74. The second-order valence-electron chi connectivity index (χ2n) is 2.82. The molecular weight excluding hydrogens is 202 g/mol. The predicted molar refractivity (Wildman–Crippen MR) is 49.7 cm³/mol. The number of hydrogen-bond donors (Lipinski definition) is 0. The lowest BCUT2D eigenvalue weighted by Crippen LogP contribution is -1.85. The maximum Gasteiger partial charge on any atom is 0.250 e. The Hall–Kier alpha value is -2.04. The van der Waals surface area contributed by atoms with Gasteiger partial charge in [-0.15, -0.1) is 0 Å². The zero-order chi connectivity index (χ0) is 10.8. The summed E-state index contributed by atoms with van der Waals surface area (Å²) in [6, 6.07) is 3.03. The Balaban J connectivity index is 2.48. The van der Waals surface area contributed by atoms with E-state index in [4.69, 9.17) is 4.52 Å². The molecule has 0 aliphatic carbocycles. The van der Waals surface area contributed by atoms with Gasteiger partial charge in [0.15, 0.2) is 0 Å². The maximum atomic E-state index is 12.9. The smallest absolute Gasteiger partial charge is 0.250 e. The van der Waals surface area contributed by atoms with Crippen LogP contribution in [0.25, 0.3) is 17.5 Å². The second-order valence-corrected chi connectivity index (χ2v) is 2.82. The lowest BCUT2D eigenvalue weighted by Gasteiger charge is -1.94. The van der Waals surface area contributed by atoms with E-state index < -0.39 is 11.6 Å². The summed E-state index contributed by atoms with van der Waals surface area (Å²) in [5.41, 5.74) is 0.226. The number of rotatable bonds is 2. The molecule has 1 aromatic heterocycles. The van der Waals surface area contributed by atoms with E-state index in [1.54, 1.807) is 0 Å². The summed E-state index contributed by atoms with van der Waals surface area (Å²) in [4.78, 5) is 3.85. The normalized spacial score (nSPS) is 10.3. The fourth-order valence-electron chi connectivity index (χ4n) is 1.12. The topological polar surface area (TPSA) is 38.9 Å². The van der Waals surface area contributed by atoms with Gasteiger partial charge in [-0.05, 0) is 18.2 Å². The van der Waals surface area contributed by atoms with Crippen molar-refractivity contribution in [1.29, 1.82) is 0 Å². The van der Waals surface area contributed by atoms with Crippen LogP contribution >= 0.6 is 0 Å². The molecule has 0 atom stereocenters. The van der Waals surface area contributed by atoms with Gasteiger partial charge in [0.25, 0.3) is 0 Å². The van der Waals surface area contributed by atoms with Gasteiger partial charge in [-0.3, -0.25) is 0 Å². The zero-order valence-electron chi connectivity index (χ0n) is 7.58. The molecule has 0 unspecified atom stereocenters. The van der Waals surface area contributed by atoms with Crippen molar-refractivity contribution in [2.45, 2.75) is 0 Å². The summed E-state index contributed by atoms with van der Waals surface area (Å²) < 4.78 is 30.4. The van der Waals surface area contributed by atoms with Crippen LogP contribution in [0.2, 0.25) is 0 Å². The molecule has 0 amide bonds. The Morgan fingerprint density at radius 1 is 1.20 bits per heavy atom. The van der Waals surface area contributed by atoms with Crippen molar-refractivity contribution in [1.82, 2.24) is 10.1 Å². The Kier molecular flexibility index (Phi) is 2.29. The van der Waals surface area contributed by atoms with Crippen molar-refractivity contribution in [3.8, 4) is 11.4 Å². The Labute approximate surface area is 84.0 Å². The molecule has 2 rings (SSSR count). The summed E-state index contributed by atoms with van der Waals surface area (Å²) >= 11 is 0. The molecule has 0 radical (unpaired) electrons. The molecule has 5 heteroatoms. The van der Waals surface area contributed by atoms with Crippen molar-refractivity contribution < 1.29 is 13.3 Å². The number of hydrogen-bond acceptors (Lipinski definition) is 3. The van der Waals surface area contributed by atoms with Crippen molar-refractivity contribution in [3.63, 3.8) is 0 Å². The van der Waals surface area contributed by atoms with E-state index >= 15 is 0 Å². The molecule has 1 aromatic carbocycles. The van der Waals surface area contributed by atoms with Gasteiger partial charge in [0, 0.05) is 11.6 Å². The predicted octanol–water partition coefficient (Wildman–Crippen LogP) is 2.66. The van der Waals surface area contributed by atoms with Crippen LogP contribution in [0.5, 0.6) is 0 Å². The molecule has 15 heavy (non-hydrogen) atoms. The van der Waals surface area contributed by atoms with Gasteiger partial charge in [0.1, 0.15) is 11.6 Å². The van der Waals surface area contributed by atoms with Crippen LogP contribution in [-0.2, 0) is 0 Å². The Morgan fingerprint density at radius 2 is 1.87 bits per heavy atom. The lowest BCUT2D eigenvalue weighted by molar-refractivity contribution is 0.411. The second kappa shape index (κ2) is 3.61. The monoisotopic (exact) mass is 208 g/mol. The highest BCUT2D eigenvalue weighted by atomic mass is 19.1. The van der Waals surface area contributed by atoms with E-state index in [9.17, 15) is 8.78 Å². The fourth-order valence-corrected chi connectivity index (χ4v) is 1.12. The third-order valence-corrected chi connectivity index (χ3v) is 1.74. The highest BCUT2D eigenvalue weighted by Crippen LogP contribution is 2.18. The molecule has 3 nitrogen and oxygen atoms in total. The fraction of sp³-hybridized carbons (Fsp3) is 0. The first-order chi connectivity index (χ1) is 7.19. The van der Waals surface area contributed by atoms with Crippen LogP contribution in [0.1, 0.15) is 5.89 Å². The molecule has 0 bridgehead atoms. The molecule has 0 spiro atoms. The third kappa shape index (κ3) is 1.90. The van der Waals surface area contributed by atoms with Crippen molar-refractivity contribution >= 4 is 6.08 Å². The summed E-state index contributed by atoms with van der Waals surface area (Å²) in [6.07, 6.45) is 1.35. The van der Waals surface area contributed by atoms with Crippen LogP contribution in [0.3, 0.4) is 0 Å². The van der Waals surface area contributed by atoms with Gasteiger partial charge in [-0.2, -0.15) is 4.98 Å². The van der Waals surface area contributed by atoms with E-state index in [-0.39, 0.29) is 17.3 Å². The molecule has 1 heterocycles. The highest BCUT2D eigenvalue weighted by molar-refractivity contribution is 5.55. The standard InChI is InChI=1S/C10H6F2N2O/c1-2-9-13-10(14-15-9)6-3-7(11)5-8(12)4-6/h2-5H,1H2. The Bertz CT molecular complexity index is 488. The molecule has 2 aromatic rings. The van der Waals surface area contributed by atoms with E-state index in [0.717, 1.165) is 18.2 Å². The highest BCUT2D eigenvalue weighted by Gasteiger charge is 2.09. The van der Waals surface area contributed by atoms with Gasteiger partial charge < -0.3 is 4.52 Å². The summed E-state index contributed by atoms with van der Waals surface area (Å²) in [6.45, 7) is 3.43. The van der Waals surface area contributed by atoms with Crippen LogP contribution in [0.15, 0.2) is 29.3 Å². The molecule has 0 N–H and O–H groups in total. The maximum absolute atomic E-state index is 12.9. The molecule has 0 saturated heterocycles. The quantitative estimate of drug-likeness (QED) is 0.761.